The van der Waals surface area contributed by atoms with E-state index in [9.17, 15) is 40.7 Å². The molecule has 0 heterocycles. The Morgan fingerprint density at radius 3 is 1.91 bits per heavy atom. The molecule has 0 fully saturated rings. The number of nitrogens with one attached hydrogen (secondary N) is 2. The van der Waals surface area contributed by atoms with Crippen molar-refractivity contribution in [2.24, 2.45) is 17.2 Å². The van der Waals surface area contributed by atoms with Gasteiger partial charge in [-0.1, -0.05) is 24.3 Å². The van der Waals surface area contributed by atoms with Gasteiger partial charge in [-0.05, 0) is 62.2 Å². The molecule has 254 valence electrons. The average molecular weight is 653 g/mol. The molecule has 2 atom stereocenters. The maximum atomic E-state index is 12.4. The van der Waals surface area contributed by atoms with Gasteiger partial charge in [0, 0.05) is 45.2 Å². The topological polar surface area (TPSA) is 166 Å². The molecule has 0 bridgehead atoms. The van der Waals surface area contributed by atoms with Crippen molar-refractivity contribution in [3.8, 4) is 5.75 Å². The molecule has 0 aliphatic rings. The van der Waals surface area contributed by atoms with Gasteiger partial charge in [-0.3, -0.25) is 9.59 Å². The Bertz CT molecular complexity index is 1100. The molecule has 0 radical (unpaired) electrons. The van der Waals surface area contributed by atoms with Crippen molar-refractivity contribution >= 4 is 18.6 Å². The molecular formula is C29H42F6N6O4. The van der Waals surface area contributed by atoms with Crippen LogP contribution in [0.2, 0.25) is 0 Å². The van der Waals surface area contributed by atoms with Crippen LogP contribution in [-0.4, -0.2) is 75.2 Å². The van der Waals surface area contributed by atoms with Crippen molar-refractivity contribution in [3.05, 3.63) is 65.2 Å². The van der Waals surface area contributed by atoms with E-state index in [1.54, 1.807) is 6.92 Å². The van der Waals surface area contributed by atoms with Gasteiger partial charge in [-0.25, -0.2) is 0 Å². The smallest absolute Gasteiger partial charge is 0.406 e. The Kier molecular flexibility index (Phi) is 20.1. The van der Waals surface area contributed by atoms with Gasteiger partial charge in [0.15, 0.2) is 0 Å². The first kappa shape index (κ1) is 41.3. The lowest BCUT2D eigenvalue weighted by Gasteiger charge is -2.17. The van der Waals surface area contributed by atoms with Gasteiger partial charge in [0.25, 0.3) is 0 Å². The summed E-state index contributed by atoms with van der Waals surface area (Å²) in [6.45, 7) is 5.33. The van der Waals surface area contributed by atoms with Crippen molar-refractivity contribution in [2.75, 3.05) is 33.2 Å². The van der Waals surface area contributed by atoms with Crippen molar-refractivity contribution in [1.82, 2.24) is 15.5 Å². The van der Waals surface area contributed by atoms with Crippen molar-refractivity contribution in [3.63, 3.8) is 0 Å². The number of amides is 2. The fraction of sp³-hybridized carbons (Fsp3) is 0.483. The number of nitrogens with two attached hydrogens (primary N) is 3. The Hall–Kier alpha value is -3.73. The van der Waals surface area contributed by atoms with Crippen LogP contribution in [0, 0.1) is 0 Å². The zero-order valence-corrected chi connectivity index (χ0v) is 25.2. The van der Waals surface area contributed by atoms with Gasteiger partial charge < -0.3 is 42.3 Å². The minimum absolute atomic E-state index is 0.210. The highest BCUT2D eigenvalue weighted by molar-refractivity contribution is 5.82. The summed E-state index contributed by atoms with van der Waals surface area (Å²) in [5.74, 6) is -0.654. The van der Waals surface area contributed by atoms with Crippen LogP contribution in [0.3, 0.4) is 0 Å². The molecule has 2 aromatic rings. The molecule has 0 saturated carbocycles. The van der Waals surface area contributed by atoms with E-state index in [4.69, 9.17) is 17.2 Å². The van der Waals surface area contributed by atoms with E-state index in [-0.39, 0.29) is 37.1 Å². The second-order valence-electron chi connectivity index (χ2n) is 9.73. The number of alkyl halides is 6. The maximum Gasteiger partial charge on any atom is 0.573 e. The number of hydrogen-bond donors (Lipinski definition) is 5. The van der Waals surface area contributed by atoms with Gasteiger partial charge in [-0.15, -0.1) is 13.2 Å². The Morgan fingerprint density at radius 2 is 1.47 bits per heavy atom. The predicted molar refractivity (Wildman–Crippen MR) is 158 cm³/mol. The lowest BCUT2D eigenvalue weighted by molar-refractivity contribution is -0.274. The largest absolute Gasteiger partial charge is 0.573 e. The van der Waals surface area contributed by atoms with Gasteiger partial charge in [0.1, 0.15) is 12.0 Å². The SMILES string of the molecule is CC(Cc1ccc(C(F)(F)F)cc1)NC(=O)C(N)CCC=O.CN(CCN)CCN.O=CNCc1ccc(OC(F)(F)F)cc1. The second kappa shape index (κ2) is 21.9. The molecule has 8 N–H and O–H groups in total. The molecule has 2 amide bonds. The summed E-state index contributed by atoms with van der Waals surface area (Å²) < 4.78 is 76.3. The number of carbonyl (C=O) groups excluding carboxylic acids is 3. The number of aldehydes is 1. The second-order valence-corrected chi connectivity index (χ2v) is 9.73. The Labute approximate surface area is 258 Å². The van der Waals surface area contributed by atoms with Gasteiger partial charge in [0.05, 0.1) is 11.6 Å². The lowest BCUT2D eigenvalue weighted by Crippen LogP contribution is -2.45. The third kappa shape index (κ3) is 20.8. The monoisotopic (exact) mass is 652 g/mol. The maximum absolute atomic E-state index is 12.4. The van der Waals surface area contributed by atoms with E-state index >= 15 is 0 Å². The van der Waals surface area contributed by atoms with Gasteiger partial charge in [0.2, 0.25) is 12.3 Å². The molecule has 0 aromatic heterocycles. The summed E-state index contributed by atoms with van der Waals surface area (Å²) >= 11 is 0. The molecule has 2 rings (SSSR count). The van der Waals surface area contributed by atoms with Crippen LogP contribution in [-0.2, 0) is 33.5 Å². The van der Waals surface area contributed by atoms with Crippen molar-refractivity contribution < 1.29 is 45.5 Å². The third-order valence-corrected chi connectivity index (χ3v) is 5.71. The zero-order valence-electron chi connectivity index (χ0n) is 25.2. The van der Waals surface area contributed by atoms with E-state index in [1.807, 2.05) is 7.05 Å². The quantitative estimate of drug-likeness (QED) is 0.145. The van der Waals surface area contributed by atoms with E-state index in [1.165, 1.54) is 36.4 Å². The highest BCUT2D eigenvalue weighted by Crippen LogP contribution is 2.29. The van der Waals surface area contributed by atoms with Crippen LogP contribution in [0.25, 0.3) is 0 Å². The highest BCUT2D eigenvalue weighted by atomic mass is 19.4. The van der Waals surface area contributed by atoms with Crippen LogP contribution in [0.4, 0.5) is 26.3 Å². The van der Waals surface area contributed by atoms with Gasteiger partial charge in [-0.2, -0.15) is 13.2 Å². The summed E-state index contributed by atoms with van der Waals surface area (Å²) in [5.41, 5.74) is 16.8. The number of likely N-dealkylation sites (N-methyl/N-ethyl adjacent to an activating group) is 1. The molecule has 16 heteroatoms. The van der Waals surface area contributed by atoms with E-state index < -0.39 is 24.1 Å². The number of benzene rings is 2. The number of hydrogen-bond acceptors (Lipinski definition) is 8. The summed E-state index contributed by atoms with van der Waals surface area (Å²) in [5, 5.41) is 5.07. The number of nitrogens with zero attached hydrogens (tertiary/aromatic N) is 1. The van der Waals surface area contributed by atoms with Crippen LogP contribution in [0.15, 0.2) is 48.5 Å². The summed E-state index contributed by atoms with van der Waals surface area (Å²) in [7, 11) is 2.01. The Morgan fingerprint density at radius 1 is 0.933 bits per heavy atom. The minimum Gasteiger partial charge on any atom is -0.406 e. The molecular weight excluding hydrogens is 610 g/mol. The van der Waals surface area contributed by atoms with Crippen LogP contribution >= 0.6 is 0 Å². The summed E-state index contributed by atoms with van der Waals surface area (Å²) in [4.78, 5) is 34.0. The minimum atomic E-state index is -4.68. The fourth-order valence-corrected chi connectivity index (χ4v) is 3.48. The first-order valence-electron chi connectivity index (χ1n) is 13.8. The zero-order chi connectivity index (χ0) is 34.5. The molecule has 0 aliphatic carbocycles. The van der Waals surface area contributed by atoms with Crippen molar-refractivity contribution in [2.45, 2.75) is 57.4 Å². The number of carbonyl (C=O) groups is 3. The molecule has 0 saturated heterocycles. The number of halogens is 6. The van der Waals surface area contributed by atoms with Crippen LogP contribution in [0.5, 0.6) is 5.75 Å². The molecule has 0 spiro atoms. The van der Waals surface area contributed by atoms with E-state index in [2.05, 4.69) is 20.3 Å². The number of rotatable bonds is 15. The predicted octanol–water partition coefficient (Wildman–Crippen LogP) is 2.73. The molecule has 45 heavy (non-hydrogen) atoms. The van der Waals surface area contributed by atoms with Crippen molar-refractivity contribution in [1.29, 1.82) is 0 Å². The van der Waals surface area contributed by atoms with Crippen LogP contribution < -0.4 is 32.6 Å². The van der Waals surface area contributed by atoms with Crippen LogP contribution in [0.1, 0.15) is 36.5 Å². The standard InChI is InChI=1S/C15H19F3N2O2.C9H8F3NO2.C5H15N3/c1-10(20-14(22)13(19)3-2-8-21)9-11-4-6-12(7-5-11)15(16,17)18;10-9(11,12)15-8-3-1-7(2-4-8)5-13-6-14;1-8(4-2-6)5-3-7/h4-8,10,13H,2-3,9,19H2,1H3,(H,20,22);1-4,6H,5H2,(H,13,14);2-7H2,1H3. The average Bonchev–Trinajstić information content (AvgIpc) is 2.95. The Balaban J connectivity index is 0.000000724. The van der Waals surface area contributed by atoms with E-state index in [0.29, 0.717) is 30.2 Å². The third-order valence-electron chi connectivity index (χ3n) is 5.71. The number of ether oxygens (including phenoxy) is 1. The summed E-state index contributed by atoms with van der Waals surface area (Å²) in [6, 6.07) is 9.03. The van der Waals surface area contributed by atoms with Gasteiger partial charge >= 0.3 is 12.5 Å². The fourth-order valence-electron chi connectivity index (χ4n) is 3.48. The highest BCUT2D eigenvalue weighted by Gasteiger charge is 2.31. The first-order valence-corrected chi connectivity index (χ1v) is 13.8. The molecule has 2 unspecified atom stereocenters. The lowest BCUT2D eigenvalue weighted by atomic mass is 10.0. The molecule has 2 aromatic carbocycles. The summed E-state index contributed by atoms with van der Waals surface area (Å²) in [6.07, 6.45) is -6.96. The molecule has 10 nitrogen and oxygen atoms in total. The molecule has 0 aliphatic heterocycles. The first-order chi connectivity index (χ1) is 21.1. The normalized spacial score (nSPS) is 12.4. The van der Waals surface area contributed by atoms with E-state index in [0.717, 1.165) is 38.3 Å².